The number of ether oxygens (including phenoxy) is 1. The average molecular weight is 288 g/mol. The molecule has 2 aromatic carbocycles. The second-order valence-corrected chi connectivity index (χ2v) is 6.30. The second-order valence-electron chi connectivity index (χ2n) is 5.89. The Kier molecular flexibility index (Phi) is 3.23. The van der Waals surface area contributed by atoms with Crippen LogP contribution in [-0.4, -0.2) is 6.61 Å². The first-order chi connectivity index (χ1) is 9.51. The van der Waals surface area contributed by atoms with Crippen LogP contribution in [0.4, 0.5) is 0 Å². The molecule has 0 fully saturated rings. The lowest BCUT2D eigenvalue weighted by molar-refractivity contribution is 0.291. The molecule has 104 valence electrons. The maximum Gasteiger partial charge on any atom is 0.123 e. The van der Waals surface area contributed by atoms with E-state index in [1.807, 2.05) is 18.2 Å². The zero-order chi connectivity index (χ0) is 14.3. The highest BCUT2D eigenvalue weighted by atomic mass is 35.5. The number of fused-ring (bicyclic) bond motifs is 1. The molecule has 1 heterocycles. The normalized spacial score (nSPS) is 15.8. The molecule has 2 aromatic rings. The molecule has 1 aliphatic heterocycles. The molecule has 0 spiro atoms. The summed E-state index contributed by atoms with van der Waals surface area (Å²) in [7, 11) is 0. The van der Waals surface area contributed by atoms with Crippen LogP contribution in [0.15, 0.2) is 36.4 Å². The maximum atomic E-state index is 6.25. The predicted octanol–water partition coefficient (Wildman–Crippen LogP) is 4.14. The third-order valence-corrected chi connectivity index (χ3v) is 4.26. The third-order valence-electron chi connectivity index (χ3n) is 3.90. The largest absolute Gasteiger partial charge is 0.492 e. The van der Waals surface area contributed by atoms with E-state index >= 15 is 0 Å². The van der Waals surface area contributed by atoms with Crippen molar-refractivity contribution in [3.8, 4) is 16.9 Å². The SMILES string of the molecule is CC1(C)COc2ccc(-c3ccc(CN)c(Cl)c3)cc21. The van der Waals surface area contributed by atoms with Crippen molar-refractivity contribution in [2.45, 2.75) is 25.8 Å². The van der Waals surface area contributed by atoms with Crippen LogP contribution in [0, 0.1) is 0 Å². The summed E-state index contributed by atoms with van der Waals surface area (Å²) in [5.74, 6) is 0.989. The molecule has 2 N–H and O–H groups in total. The van der Waals surface area contributed by atoms with E-state index in [1.54, 1.807) is 0 Å². The molecule has 0 saturated carbocycles. The lowest BCUT2D eigenvalue weighted by atomic mass is 9.85. The number of halogens is 1. The van der Waals surface area contributed by atoms with Gasteiger partial charge in [-0.2, -0.15) is 0 Å². The van der Waals surface area contributed by atoms with E-state index in [4.69, 9.17) is 22.1 Å². The molecule has 0 aromatic heterocycles. The summed E-state index contributed by atoms with van der Waals surface area (Å²) in [5, 5.41) is 0.723. The molecule has 0 radical (unpaired) electrons. The quantitative estimate of drug-likeness (QED) is 0.901. The standard InChI is InChI=1S/C17H18ClNO/c1-17(2)10-20-16-6-5-11(7-14(16)17)12-3-4-13(9-19)15(18)8-12/h3-8H,9-10,19H2,1-2H3. The van der Waals surface area contributed by atoms with E-state index in [9.17, 15) is 0 Å². The van der Waals surface area contributed by atoms with Crippen molar-refractivity contribution in [2.24, 2.45) is 5.73 Å². The molecule has 20 heavy (non-hydrogen) atoms. The van der Waals surface area contributed by atoms with Crippen molar-refractivity contribution in [3.05, 3.63) is 52.5 Å². The van der Waals surface area contributed by atoms with Crippen molar-refractivity contribution in [3.63, 3.8) is 0 Å². The highest BCUT2D eigenvalue weighted by Gasteiger charge is 2.31. The van der Waals surface area contributed by atoms with Gasteiger partial charge in [-0.1, -0.05) is 43.6 Å². The average Bonchev–Trinajstić information content (AvgIpc) is 2.74. The summed E-state index contributed by atoms with van der Waals surface area (Å²) < 4.78 is 5.72. The van der Waals surface area contributed by atoms with Gasteiger partial charge < -0.3 is 10.5 Å². The van der Waals surface area contributed by atoms with E-state index in [1.165, 1.54) is 5.56 Å². The number of rotatable bonds is 2. The zero-order valence-corrected chi connectivity index (χ0v) is 12.5. The zero-order valence-electron chi connectivity index (χ0n) is 11.7. The Labute approximate surface area is 124 Å². The molecular formula is C17H18ClNO. The van der Waals surface area contributed by atoms with Crippen molar-refractivity contribution in [1.29, 1.82) is 0 Å². The lowest BCUT2D eigenvalue weighted by Crippen LogP contribution is -2.18. The van der Waals surface area contributed by atoms with Gasteiger partial charge in [0.15, 0.2) is 0 Å². The Morgan fingerprint density at radius 2 is 1.85 bits per heavy atom. The Morgan fingerprint density at radius 1 is 1.15 bits per heavy atom. The van der Waals surface area contributed by atoms with Crippen LogP contribution in [0.3, 0.4) is 0 Å². The van der Waals surface area contributed by atoms with E-state index in [-0.39, 0.29) is 5.41 Å². The van der Waals surface area contributed by atoms with Crippen molar-refractivity contribution in [1.82, 2.24) is 0 Å². The van der Waals surface area contributed by atoms with Gasteiger partial charge in [-0.3, -0.25) is 0 Å². The number of hydrogen-bond donors (Lipinski definition) is 1. The predicted molar refractivity (Wildman–Crippen MR) is 83.3 cm³/mol. The highest BCUT2D eigenvalue weighted by Crippen LogP contribution is 2.40. The smallest absolute Gasteiger partial charge is 0.123 e. The van der Waals surface area contributed by atoms with Crippen molar-refractivity contribution >= 4 is 11.6 Å². The fraction of sp³-hybridized carbons (Fsp3) is 0.294. The number of nitrogens with two attached hydrogens (primary N) is 1. The van der Waals surface area contributed by atoms with Gasteiger partial charge in [-0.05, 0) is 34.9 Å². The van der Waals surface area contributed by atoms with E-state index in [0.717, 1.165) is 34.1 Å². The van der Waals surface area contributed by atoms with Crippen LogP contribution in [-0.2, 0) is 12.0 Å². The van der Waals surface area contributed by atoms with Gasteiger partial charge in [-0.15, -0.1) is 0 Å². The van der Waals surface area contributed by atoms with Gasteiger partial charge in [0.2, 0.25) is 0 Å². The molecule has 3 rings (SSSR count). The third kappa shape index (κ3) is 2.19. The van der Waals surface area contributed by atoms with Gasteiger partial charge in [-0.25, -0.2) is 0 Å². The minimum atomic E-state index is 0.0618. The van der Waals surface area contributed by atoms with Gasteiger partial charge in [0.05, 0.1) is 6.61 Å². The van der Waals surface area contributed by atoms with E-state index in [0.29, 0.717) is 6.54 Å². The summed E-state index contributed by atoms with van der Waals surface area (Å²) >= 11 is 6.25. The first-order valence-electron chi connectivity index (χ1n) is 6.77. The molecule has 0 bridgehead atoms. The first-order valence-corrected chi connectivity index (χ1v) is 7.15. The van der Waals surface area contributed by atoms with Crippen molar-refractivity contribution < 1.29 is 4.74 Å². The summed E-state index contributed by atoms with van der Waals surface area (Å²) in [6, 6.07) is 12.4. The Balaban J connectivity index is 2.06. The van der Waals surface area contributed by atoms with Crippen LogP contribution in [0.5, 0.6) is 5.75 Å². The molecule has 0 amide bonds. The molecule has 0 saturated heterocycles. The van der Waals surface area contributed by atoms with Crippen molar-refractivity contribution in [2.75, 3.05) is 6.61 Å². The van der Waals surface area contributed by atoms with Crippen LogP contribution in [0.25, 0.3) is 11.1 Å². The van der Waals surface area contributed by atoms with Gasteiger partial charge in [0, 0.05) is 22.5 Å². The second kappa shape index (κ2) is 4.80. The fourth-order valence-electron chi connectivity index (χ4n) is 2.59. The molecular weight excluding hydrogens is 270 g/mol. The van der Waals surface area contributed by atoms with E-state index < -0.39 is 0 Å². The Bertz CT molecular complexity index is 664. The van der Waals surface area contributed by atoms with Crippen LogP contribution >= 0.6 is 11.6 Å². The van der Waals surface area contributed by atoms with E-state index in [2.05, 4.69) is 32.0 Å². The molecule has 1 aliphatic rings. The molecule has 3 heteroatoms. The minimum absolute atomic E-state index is 0.0618. The molecule has 0 aliphatic carbocycles. The minimum Gasteiger partial charge on any atom is -0.492 e. The monoisotopic (exact) mass is 287 g/mol. The van der Waals surface area contributed by atoms with Gasteiger partial charge in [0.1, 0.15) is 5.75 Å². The number of hydrogen-bond acceptors (Lipinski definition) is 2. The molecule has 0 atom stereocenters. The number of benzene rings is 2. The Morgan fingerprint density at radius 3 is 2.55 bits per heavy atom. The Hall–Kier alpha value is -1.51. The molecule has 2 nitrogen and oxygen atoms in total. The van der Waals surface area contributed by atoms with Gasteiger partial charge in [0.25, 0.3) is 0 Å². The fourth-order valence-corrected chi connectivity index (χ4v) is 2.85. The maximum absolute atomic E-state index is 6.25. The lowest BCUT2D eigenvalue weighted by Gasteiger charge is -2.16. The van der Waals surface area contributed by atoms with Crippen LogP contribution < -0.4 is 10.5 Å². The summed E-state index contributed by atoms with van der Waals surface area (Å²) in [5.41, 5.74) is 10.2. The first kappa shape index (κ1) is 13.5. The van der Waals surface area contributed by atoms with Crippen LogP contribution in [0.2, 0.25) is 5.02 Å². The van der Waals surface area contributed by atoms with Crippen LogP contribution in [0.1, 0.15) is 25.0 Å². The molecule has 0 unspecified atom stereocenters. The topological polar surface area (TPSA) is 35.2 Å². The summed E-state index contributed by atoms with van der Waals surface area (Å²) in [4.78, 5) is 0. The highest BCUT2D eigenvalue weighted by molar-refractivity contribution is 6.31. The van der Waals surface area contributed by atoms with Gasteiger partial charge >= 0.3 is 0 Å². The summed E-state index contributed by atoms with van der Waals surface area (Å²) in [6.07, 6.45) is 0. The summed E-state index contributed by atoms with van der Waals surface area (Å²) in [6.45, 7) is 5.60.